The van der Waals surface area contributed by atoms with Gasteiger partial charge in [-0.15, -0.1) is 0 Å². The Balaban J connectivity index is 1.96. The first-order chi connectivity index (χ1) is 10.9. The van der Waals surface area contributed by atoms with E-state index in [0.29, 0.717) is 18.9 Å². The van der Waals surface area contributed by atoms with Crippen molar-refractivity contribution in [1.82, 2.24) is 4.90 Å². The van der Waals surface area contributed by atoms with Gasteiger partial charge in [0.1, 0.15) is 17.9 Å². The molecule has 0 aromatic heterocycles. The van der Waals surface area contributed by atoms with Gasteiger partial charge in [-0.3, -0.25) is 14.5 Å². The van der Waals surface area contributed by atoms with Crippen LogP contribution in [0.2, 0.25) is 0 Å². The normalized spacial score (nSPS) is 22.2. The molecule has 1 aliphatic heterocycles. The van der Waals surface area contributed by atoms with Crippen molar-refractivity contribution in [1.29, 1.82) is 0 Å². The minimum atomic E-state index is -0.432. The van der Waals surface area contributed by atoms with Crippen molar-refractivity contribution in [3.8, 4) is 0 Å². The Labute approximate surface area is 138 Å². The number of Topliss-reactive ketones (excluding diaryl/α,β-unsaturated/α-hetero) is 1. The zero-order valence-corrected chi connectivity index (χ0v) is 14.5. The van der Waals surface area contributed by atoms with E-state index in [-0.39, 0.29) is 24.3 Å². The van der Waals surface area contributed by atoms with E-state index >= 15 is 0 Å². The average Bonchev–Trinajstić information content (AvgIpc) is 2.50. The summed E-state index contributed by atoms with van der Waals surface area (Å²) in [4.78, 5) is 26.5. The smallest absolute Gasteiger partial charge is 0.324 e. The van der Waals surface area contributed by atoms with E-state index in [4.69, 9.17) is 4.74 Å². The number of hydrogen-bond donors (Lipinski definition) is 0. The zero-order valence-electron chi connectivity index (χ0n) is 14.5. The first kappa shape index (κ1) is 17.7. The number of ether oxygens (including phenoxy) is 1. The minimum Gasteiger partial charge on any atom is -0.460 e. The molecule has 23 heavy (non-hydrogen) atoms. The van der Waals surface area contributed by atoms with Crippen LogP contribution >= 0.6 is 0 Å². The summed E-state index contributed by atoms with van der Waals surface area (Å²) in [5.74, 6) is 0.295. The van der Waals surface area contributed by atoms with Gasteiger partial charge < -0.3 is 4.74 Å². The lowest BCUT2D eigenvalue weighted by molar-refractivity contribution is -0.166. The second-order valence-electron chi connectivity index (χ2n) is 6.67. The van der Waals surface area contributed by atoms with Gasteiger partial charge in [0.15, 0.2) is 0 Å². The summed E-state index contributed by atoms with van der Waals surface area (Å²) in [6.45, 7) is 9.64. The van der Waals surface area contributed by atoms with Crippen LogP contribution in [0.1, 0.15) is 51.2 Å². The van der Waals surface area contributed by atoms with Crippen molar-refractivity contribution < 1.29 is 14.3 Å². The molecule has 0 bridgehead atoms. The quantitative estimate of drug-likeness (QED) is 0.757. The van der Waals surface area contributed by atoms with Crippen molar-refractivity contribution in [2.45, 2.75) is 58.6 Å². The number of benzene rings is 1. The Morgan fingerprint density at radius 2 is 1.96 bits per heavy atom. The van der Waals surface area contributed by atoms with Crippen LogP contribution in [-0.2, 0) is 20.7 Å². The third-order valence-electron chi connectivity index (χ3n) is 4.40. The molecule has 4 heteroatoms. The summed E-state index contributed by atoms with van der Waals surface area (Å²) in [6, 6.07) is 7.72. The lowest BCUT2D eigenvalue weighted by Crippen LogP contribution is -2.52. The van der Waals surface area contributed by atoms with Gasteiger partial charge in [-0.25, -0.2) is 0 Å². The molecule has 1 heterocycles. The molecule has 1 aromatic rings. The molecule has 2 atom stereocenters. The van der Waals surface area contributed by atoms with Gasteiger partial charge >= 0.3 is 5.97 Å². The molecular formula is C19H27NO3. The fourth-order valence-electron chi connectivity index (χ4n) is 3.02. The first-order valence-electron chi connectivity index (χ1n) is 8.45. The molecule has 1 aromatic carbocycles. The van der Waals surface area contributed by atoms with Crippen molar-refractivity contribution in [2.75, 3.05) is 13.1 Å². The molecule has 0 N–H and O–H groups in total. The fourth-order valence-corrected chi connectivity index (χ4v) is 3.02. The van der Waals surface area contributed by atoms with E-state index in [1.54, 1.807) is 0 Å². The van der Waals surface area contributed by atoms with Crippen LogP contribution in [0.4, 0.5) is 0 Å². The van der Waals surface area contributed by atoms with E-state index in [9.17, 15) is 9.59 Å². The Morgan fingerprint density at radius 1 is 1.30 bits per heavy atom. The average molecular weight is 317 g/mol. The summed E-state index contributed by atoms with van der Waals surface area (Å²) >= 11 is 0. The Morgan fingerprint density at radius 3 is 2.52 bits per heavy atom. The van der Waals surface area contributed by atoms with Crippen LogP contribution in [0.15, 0.2) is 24.3 Å². The molecule has 1 fully saturated rings. The summed E-state index contributed by atoms with van der Waals surface area (Å²) in [5, 5.41) is 0. The number of hydrogen-bond acceptors (Lipinski definition) is 4. The number of likely N-dealkylation sites (N-methyl/N-ethyl adjacent to an activating group) is 1. The molecular weight excluding hydrogens is 290 g/mol. The van der Waals surface area contributed by atoms with E-state index in [1.165, 1.54) is 5.56 Å². The van der Waals surface area contributed by atoms with Gasteiger partial charge in [-0.2, -0.15) is 0 Å². The SMILES string of the molecule is CCN1C[C@@H](C)OC(=O)C1CC(=O)Cc1ccc(C(C)C)cc1. The maximum Gasteiger partial charge on any atom is 0.324 e. The van der Waals surface area contributed by atoms with Crippen molar-refractivity contribution in [2.24, 2.45) is 0 Å². The number of esters is 1. The fraction of sp³-hybridized carbons (Fsp3) is 0.579. The van der Waals surface area contributed by atoms with Crippen molar-refractivity contribution in [3.05, 3.63) is 35.4 Å². The molecule has 4 nitrogen and oxygen atoms in total. The molecule has 2 rings (SSSR count). The summed E-state index contributed by atoms with van der Waals surface area (Å²) in [7, 11) is 0. The number of ketones is 1. The predicted octanol–water partition coefficient (Wildman–Crippen LogP) is 2.95. The van der Waals surface area contributed by atoms with E-state index in [2.05, 4.69) is 26.0 Å². The number of nitrogens with zero attached hydrogens (tertiary/aromatic N) is 1. The second-order valence-corrected chi connectivity index (χ2v) is 6.67. The molecule has 0 aliphatic carbocycles. The molecule has 0 spiro atoms. The largest absolute Gasteiger partial charge is 0.460 e. The summed E-state index contributed by atoms with van der Waals surface area (Å²) < 4.78 is 5.29. The van der Waals surface area contributed by atoms with E-state index < -0.39 is 6.04 Å². The second kappa shape index (κ2) is 7.73. The molecule has 1 unspecified atom stereocenters. The summed E-state index contributed by atoms with van der Waals surface area (Å²) in [5.41, 5.74) is 2.27. The highest BCUT2D eigenvalue weighted by molar-refractivity contribution is 5.88. The highest BCUT2D eigenvalue weighted by atomic mass is 16.5. The van der Waals surface area contributed by atoms with E-state index in [0.717, 1.165) is 12.1 Å². The first-order valence-corrected chi connectivity index (χ1v) is 8.45. The molecule has 0 radical (unpaired) electrons. The highest BCUT2D eigenvalue weighted by Gasteiger charge is 2.35. The van der Waals surface area contributed by atoms with Crippen LogP contribution in [0.25, 0.3) is 0 Å². The van der Waals surface area contributed by atoms with Gasteiger partial charge in [-0.05, 0) is 30.5 Å². The Kier molecular flexibility index (Phi) is 5.94. The van der Waals surface area contributed by atoms with Crippen LogP contribution in [0.5, 0.6) is 0 Å². The van der Waals surface area contributed by atoms with Crippen molar-refractivity contribution in [3.63, 3.8) is 0 Å². The predicted molar refractivity (Wildman–Crippen MR) is 90.4 cm³/mol. The number of morpholine rings is 1. The maximum absolute atomic E-state index is 12.4. The van der Waals surface area contributed by atoms with Gasteiger partial charge in [0.25, 0.3) is 0 Å². The lowest BCUT2D eigenvalue weighted by Gasteiger charge is -2.36. The number of carbonyl (C=O) groups is 2. The number of rotatable bonds is 6. The Bertz CT molecular complexity index is 550. The Hall–Kier alpha value is -1.68. The highest BCUT2D eigenvalue weighted by Crippen LogP contribution is 2.18. The third kappa shape index (κ3) is 4.64. The van der Waals surface area contributed by atoms with E-state index in [1.807, 2.05) is 30.9 Å². The number of carbonyl (C=O) groups excluding carboxylic acids is 2. The molecule has 126 valence electrons. The maximum atomic E-state index is 12.4. The van der Waals surface area contributed by atoms with Crippen LogP contribution < -0.4 is 0 Å². The monoisotopic (exact) mass is 317 g/mol. The lowest BCUT2D eigenvalue weighted by atomic mass is 9.98. The van der Waals surface area contributed by atoms with Gasteiger partial charge in [0.05, 0.1) is 0 Å². The zero-order chi connectivity index (χ0) is 17.0. The van der Waals surface area contributed by atoms with Crippen LogP contribution in [0, 0.1) is 0 Å². The standard InChI is InChI=1S/C19H27NO3/c1-5-20-12-14(4)23-19(22)18(20)11-17(21)10-15-6-8-16(9-7-15)13(2)3/h6-9,13-14,18H,5,10-12H2,1-4H3/t14-,18?/m1/s1. The third-order valence-corrected chi connectivity index (χ3v) is 4.40. The molecule has 0 amide bonds. The minimum absolute atomic E-state index is 0.0808. The van der Waals surface area contributed by atoms with Crippen molar-refractivity contribution >= 4 is 11.8 Å². The molecule has 1 saturated heterocycles. The van der Waals surface area contributed by atoms with Gasteiger partial charge in [0.2, 0.25) is 0 Å². The molecule has 0 saturated carbocycles. The number of cyclic esters (lactones) is 1. The van der Waals surface area contributed by atoms with Gasteiger partial charge in [-0.1, -0.05) is 45.0 Å². The summed E-state index contributed by atoms with van der Waals surface area (Å²) in [6.07, 6.45) is 0.498. The topological polar surface area (TPSA) is 46.6 Å². The molecule has 1 aliphatic rings. The van der Waals surface area contributed by atoms with Crippen LogP contribution in [0.3, 0.4) is 0 Å². The van der Waals surface area contributed by atoms with Crippen LogP contribution in [-0.4, -0.2) is 41.9 Å². The van der Waals surface area contributed by atoms with Gasteiger partial charge in [0, 0.05) is 19.4 Å².